The smallest absolute Gasteiger partial charge is 0.335 e. The Bertz CT molecular complexity index is 960. The highest BCUT2D eigenvalue weighted by atomic mass is 32.2. The summed E-state index contributed by atoms with van der Waals surface area (Å²) in [6, 6.07) is 11.9. The minimum Gasteiger partial charge on any atom is -0.335 e. The molecule has 0 radical (unpaired) electrons. The van der Waals surface area contributed by atoms with Gasteiger partial charge in [-0.05, 0) is 63.6 Å². The van der Waals surface area contributed by atoms with E-state index in [9.17, 15) is 13.2 Å². The summed E-state index contributed by atoms with van der Waals surface area (Å²) in [5, 5.41) is 3.59. The van der Waals surface area contributed by atoms with Crippen LogP contribution >= 0.6 is 11.8 Å². The molecule has 0 unspecified atom stereocenters. The van der Waals surface area contributed by atoms with Gasteiger partial charge in [-0.25, -0.2) is 0 Å². The molecule has 28 heavy (non-hydrogen) atoms. The summed E-state index contributed by atoms with van der Waals surface area (Å²) < 4.78 is 40.1. The van der Waals surface area contributed by atoms with Gasteiger partial charge in [0.25, 0.3) is 0 Å². The molecule has 6 heteroatoms. The quantitative estimate of drug-likeness (QED) is 0.584. The van der Waals surface area contributed by atoms with Crippen molar-refractivity contribution in [1.29, 1.82) is 0 Å². The molecule has 0 aliphatic carbocycles. The zero-order valence-corrected chi connectivity index (χ0v) is 17.1. The van der Waals surface area contributed by atoms with Crippen molar-refractivity contribution in [1.82, 2.24) is 5.32 Å². The molecule has 0 atom stereocenters. The molecular formula is C22H23F3N2S. The van der Waals surface area contributed by atoms with Crippen LogP contribution in [-0.2, 0) is 6.18 Å². The number of nitrogens with zero attached hydrogens (tertiary/aromatic N) is 1. The van der Waals surface area contributed by atoms with Crippen LogP contribution in [0.1, 0.15) is 33.3 Å². The third-order valence-electron chi connectivity index (χ3n) is 5.25. The van der Waals surface area contributed by atoms with Crippen LogP contribution < -0.4 is 10.2 Å². The van der Waals surface area contributed by atoms with Gasteiger partial charge in [-0.15, -0.1) is 0 Å². The number of hydrogen-bond acceptors (Lipinski definition) is 3. The Balaban J connectivity index is 1.83. The molecule has 2 heterocycles. The molecule has 148 valence electrons. The second kappa shape index (κ2) is 6.29. The third kappa shape index (κ3) is 3.44. The van der Waals surface area contributed by atoms with E-state index in [-0.39, 0.29) is 11.1 Å². The van der Waals surface area contributed by atoms with Crippen molar-refractivity contribution in [3.8, 4) is 0 Å². The molecular weight excluding hydrogens is 381 g/mol. The Morgan fingerprint density at radius 2 is 1.64 bits per heavy atom. The lowest BCUT2D eigenvalue weighted by atomic mass is 9.95. The van der Waals surface area contributed by atoms with Crippen molar-refractivity contribution in [3.63, 3.8) is 0 Å². The topological polar surface area (TPSA) is 15.3 Å². The number of anilines is 2. The van der Waals surface area contributed by atoms with Crippen molar-refractivity contribution in [3.05, 3.63) is 59.7 Å². The largest absolute Gasteiger partial charge is 0.416 e. The summed E-state index contributed by atoms with van der Waals surface area (Å²) in [6.07, 6.45) is -2.16. The maximum Gasteiger partial charge on any atom is 0.416 e. The predicted molar refractivity (Wildman–Crippen MR) is 108 cm³/mol. The average Bonchev–Trinajstić information content (AvgIpc) is 2.80. The molecule has 0 spiro atoms. The summed E-state index contributed by atoms with van der Waals surface area (Å²) in [7, 11) is 0. The summed E-state index contributed by atoms with van der Waals surface area (Å²) in [6.45, 7) is 8.99. The summed E-state index contributed by atoms with van der Waals surface area (Å²) in [5.41, 5.74) is 1.72. The van der Waals surface area contributed by atoms with Gasteiger partial charge >= 0.3 is 6.18 Å². The first kappa shape index (κ1) is 19.4. The fourth-order valence-electron chi connectivity index (χ4n) is 4.13. The van der Waals surface area contributed by atoms with Crippen molar-refractivity contribution in [2.45, 2.75) is 54.7 Å². The van der Waals surface area contributed by atoms with Crippen LogP contribution in [-0.4, -0.2) is 17.6 Å². The molecule has 2 aliphatic heterocycles. The van der Waals surface area contributed by atoms with E-state index in [1.54, 1.807) is 6.07 Å². The summed E-state index contributed by atoms with van der Waals surface area (Å²) >= 11 is 1.52. The van der Waals surface area contributed by atoms with Gasteiger partial charge in [-0.2, -0.15) is 13.2 Å². The maximum absolute atomic E-state index is 13.4. The third-order valence-corrected chi connectivity index (χ3v) is 6.38. The highest BCUT2D eigenvalue weighted by molar-refractivity contribution is 7.99. The van der Waals surface area contributed by atoms with E-state index in [1.807, 2.05) is 29.2 Å². The lowest BCUT2D eigenvalue weighted by Crippen LogP contribution is -2.46. The van der Waals surface area contributed by atoms with Crippen molar-refractivity contribution in [2.24, 2.45) is 0 Å². The summed E-state index contributed by atoms with van der Waals surface area (Å²) in [4.78, 5) is 3.92. The molecule has 1 N–H and O–H groups in total. The van der Waals surface area contributed by atoms with Crippen LogP contribution in [0.5, 0.6) is 0 Å². The Kier molecular flexibility index (Phi) is 4.36. The van der Waals surface area contributed by atoms with E-state index < -0.39 is 11.7 Å². The maximum atomic E-state index is 13.4. The van der Waals surface area contributed by atoms with E-state index in [1.165, 1.54) is 29.5 Å². The fraction of sp³-hybridized carbons (Fsp3) is 0.364. The zero-order chi connectivity index (χ0) is 20.3. The molecule has 2 nitrogen and oxygen atoms in total. The molecule has 0 bridgehead atoms. The minimum atomic E-state index is -4.36. The number of fused-ring (bicyclic) bond motifs is 2. The number of halogens is 3. The number of benzene rings is 2. The number of alkyl halides is 3. The molecule has 0 saturated carbocycles. The molecule has 0 aromatic heterocycles. The first-order valence-electron chi connectivity index (χ1n) is 9.23. The van der Waals surface area contributed by atoms with Gasteiger partial charge in [0.15, 0.2) is 0 Å². The van der Waals surface area contributed by atoms with Crippen LogP contribution in [0.25, 0.3) is 0 Å². The van der Waals surface area contributed by atoms with Gasteiger partial charge in [0.05, 0.1) is 16.9 Å². The standard InChI is InChI=1S/C22H23F3N2S/c1-20(2)12-15(21(3,4)26-20)13-27-16-7-5-6-8-18(16)28-19-10-9-14(11-17(19)27)22(23,24)25/h5-12,26H,13H2,1-4H3. The van der Waals surface area contributed by atoms with E-state index in [0.29, 0.717) is 12.2 Å². The van der Waals surface area contributed by atoms with Crippen LogP contribution in [0.4, 0.5) is 24.5 Å². The van der Waals surface area contributed by atoms with Gasteiger partial charge in [-0.1, -0.05) is 30.0 Å². The Hall–Kier alpha value is -1.92. The molecule has 2 aliphatic rings. The van der Waals surface area contributed by atoms with Gasteiger partial charge in [-0.3, -0.25) is 5.32 Å². The average molecular weight is 405 g/mol. The molecule has 4 rings (SSSR count). The molecule has 0 saturated heterocycles. The van der Waals surface area contributed by atoms with Crippen LogP contribution in [0.15, 0.2) is 63.9 Å². The van der Waals surface area contributed by atoms with E-state index in [0.717, 1.165) is 15.5 Å². The zero-order valence-electron chi connectivity index (χ0n) is 16.3. The second-order valence-corrected chi connectivity index (χ2v) is 9.56. The van der Waals surface area contributed by atoms with Crippen LogP contribution in [0, 0.1) is 0 Å². The molecule has 2 aromatic carbocycles. The minimum absolute atomic E-state index is 0.153. The highest BCUT2D eigenvalue weighted by Crippen LogP contribution is 2.50. The first-order valence-corrected chi connectivity index (χ1v) is 10.1. The number of hydrogen-bond donors (Lipinski definition) is 1. The van der Waals surface area contributed by atoms with Crippen molar-refractivity contribution < 1.29 is 13.2 Å². The van der Waals surface area contributed by atoms with Gasteiger partial charge in [0.2, 0.25) is 0 Å². The lowest BCUT2D eigenvalue weighted by Gasteiger charge is -2.36. The van der Waals surface area contributed by atoms with Gasteiger partial charge in [0.1, 0.15) is 0 Å². The van der Waals surface area contributed by atoms with Crippen LogP contribution in [0.3, 0.4) is 0 Å². The predicted octanol–water partition coefficient (Wildman–Crippen LogP) is 6.39. The Labute approximate surface area is 167 Å². The molecule has 2 aromatic rings. The Morgan fingerprint density at radius 1 is 0.964 bits per heavy atom. The first-order chi connectivity index (χ1) is 13.0. The number of nitrogens with one attached hydrogen (secondary N) is 1. The number of para-hydroxylation sites is 1. The van der Waals surface area contributed by atoms with E-state index in [2.05, 4.69) is 39.1 Å². The SMILES string of the molecule is CC1(C)C=C(CN2c3ccccc3Sc3ccc(C(F)(F)F)cc32)C(C)(C)N1. The molecule has 0 amide bonds. The monoisotopic (exact) mass is 404 g/mol. The fourth-order valence-corrected chi connectivity index (χ4v) is 5.20. The normalized spacial score (nSPS) is 19.8. The van der Waals surface area contributed by atoms with Crippen molar-refractivity contribution >= 4 is 23.1 Å². The lowest BCUT2D eigenvalue weighted by molar-refractivity contribution is -0.137. The number of rotatable bonds is 2. The van der Waals surface area contributed by atoms with Gasteiger partial charge in [0, 0.05) is 27.4 Å². The van der Waals surface area contributed by atoms with Gasteiger partial charge < -0.3 is 4.90 Å². The van der Waals surface area contributed by atoms with E-state index in [4.69, 9.17) is 0 Å². The van der Waals surface area contributed by atoms with Crippen LogP contribution in [0.2, 0.25) is 0 Å². The van der Waals surface area contributed by atoms with Crippen molar-refractivity contribution in [2.75, 3.05) is 11.4 Å². The highest BCUT2D eigenvalue weighted by Gasteiger charge is 2.39. The molecule has 0 fully saturated rings. The summed E-state index contributed by atoms with van der Waals surface area (Å²) in [5.74, 6) is 0. The van der Waals surface area contributed by atoms with E-state index >= 15 is 0 Å². The second-order valence-electron chi connectivity index (χ2n) is 8.48. The Morgan fingerprint density at radius 3 is 2.29 bits per heavy atom.